The van der Waals surface area contributed by atoms with Crippen molar-refractivity contribution in [1.82, 2.24) is 4.98 Å². The molecule has 0 fully saturated rings. The SMILES string of the molecule is CCCOc1c(Cl)cc(C(=O)Nc2ccc(-c3nccs3)cc2)cc1OC. The summed E-state index contributed by atoms with van der Waals surface area (Å²) < 4.78 is 10.9. The zero-order chi connectivity index (χ0) is 19.2. The molecule has 0 spiro atoms. The van der Waals surface area contributed by atoms with Crippen molar-refractivity contribution in [2.24, 2.45) is 0 Å². The molecule has 5 nitrogen and oxygen atoms in total. The average molecular weight is 403 g/mol. The van der Waals surface area contributed by atoms with Crippen LogP contribution in [0, 0.1) is 0 Å². The van der Waals surface area contributed by atoms with Crippen molar-refractivity contribution < 1.29 is 14.3 Å². The normalized spacial score (nSPS) is 10.5. The predicted octanol–water partition coefficient (Wildman–Crippen LogP) is 5.51. The van der Waals surface area contributed by atoms with Gasteiger partial charge >= 0.3 is 0 Å². The zero-order valence-electron chi connectivity index (χ0n) is 15.0. The van der Waals surface area contributed by atoms with Gasteiger partial charge in [-0.3, -0.25) is 4.79 Å². The second-order valence-corrected chi connectivity index (χ2v) is 7.01. The van der Waals surface area contributed by atoms with Gasteiger partial charge in [-0.05, 0) is 42.8 Å². The number of hydrogen-bond acceptors (Lipinski definition) is 5. The summed E-state index contributed by atoms with van der Waals surface area (Å²) in [6.07, 6.45) is 2.61. The number of nitrogens with one attached hydrogen (secondary N) is 1. The molecule has 0 atom stereocenters. The molecule has 0 bridgehead atoms. The number of methoxy groups -OCH3 is 1. The first-order valence-corrected chi connectivity index (χ1v) is 9.69. The van der Waals surface area contributed by atoms with E-state index < -0.39 is 0 Å². The zero-order valence-corrected chi connectivity index (χ0v) is 16.6. The van der Waals surface area contributed by atoms with Crippen LogP contribution in [0.5, 0.6) is 11.5 Å². The van der Waals surface area contributed by atoms with Crippen LogP contribution in [-0.4, -0.2) is 24.6 Å². The molecule has 0 aliphatic carbocycles. The molecular weight excluding hydrogens is 384 g/mol. The monoisotopic (exact) mass is 402 g/mol. The number of anilines is 1. The number of amides is 1. The quantitative estimate of drug-likeness (QED) is 0.565. The Hall–Kier alpha value is -2.57. The lowest BCUT2D eigenvalue weighted by molar-refractivity contribution is 0.102. The van der Waals surface area contributed by atoms with Gasteiger partial charge in [0, 0.05) is 28.4 Å². The fourth-order valence-corrected chi connectivity index (χ4v) is 3.37. The summed E-state index contributed by atoms with van der Waals surface area (Å²) in [5.41, 5.74) is 2.08. The number of ether oxygens (including phenoxy) is 2. The summed E-state index contributed by atoms with van der Waals surface area (Å²) in [6, 6.07) is 10.7. The molecule has 140 valence electrons. The lowest BCUT2D eigenvalue weighted by Crippen LogP contribution is -2.12. The van der Waals surface area contributed by atoms with Gasteiger partial charge < -0.3 is 14.8 Å². The van der Waals surface area contributed by atoms with E-state index in [4.69, 9.17) is 21.1 Å². The summed E-state index contributed by atoms with van der Waals surface area (Å²) in [6.45, 7) is 2.52. The minimum absolute atomic E-state index is 0.278. The van der Waals surface area contributed by atoms with Gasteiger partial charge in [0.25, 0.3) is 5.91 Å². The molecule has 0 saturated carbocycles. The van der Waals surface area contributed by atoms with Gasteiger partial charge in [-0.1, -0.05) is 18.5 Å². The Labute approximate surface area is 166 Å². The third-order valence-corrected chi connectivity index (χ3v) is 4.87. The fourth-order valence-electron chi connectivity index (χ4n) is 2.46. The van der Waals surface area contributed by atoms with E-state index >= 15 is 0 Å². The predicted molar refractivity (Wildman–Crippen MR) is 109 cm³/mol. The maximum Gasteiger partial charge on any atom is 0.255 e. The Bertz CT molecular complexity index is 912. The summed E-state index contributed by atoms with van der Waals surface area (Å²) in [5.74, 6) is 0.602. The molecule has 3 aromatic rings. The molecule has 1 aromatic heterocycles. The van der Waals surface area contributed by atoms with Crippen LogP contribution in [0.15, 0.2) is 48.0 Å². The number of rotatable bonds is 7. The van der Waals surface area contributed by atoms with Gasteiger partial charge in [0.1, 0.15) is 5.01 Å². The molecule has 1 amide bonds. The minimum atomic E-state index is -0.278. The smallest absolute Gasteiger partial charge is 0.255 e. The number of nitrogens with zero attached hydrogens (tertiary/aromatic N) is 1. The van der Waals surface area contributed by atoms with Gasteiger partial charge in [-0.15, -0.1) is 11.3 Å². The van der Waals surface area contributed by atoms with Crippen molar-refractivity contribution >= 4 is 34.5 Å². The van der Waals surface area contributed by atoms with Crippen molar-refractivity contribution in [2.75, 3.05) is 19.0 Å². The molecule has 1 heterocycles. The summed E-state index contributed by atoms with van der Waals surface area (Å²) >= 11 is 7.85. The number of aromatic nitrogens is 1. The molecule has 0 unspecified atom stereocenters. The van der Waals surface area contributed by atoms with Crippen LogP contribution in [0.25, 0.3) is 10.6 Å². The molecule has 7 heteroatoms. The molecule has 1 N–H and O–H groups in total. The summed E-state index contributed by atoms with van der Waals surface area (Å²) in [5, 5.41) is 6.06. The van der Waals surface area contributed by atoms with E-state index in [9.17, 15) is 4.79 Å². The molecule has 0 aliphatic heterocycles. The van der Waals surface area contributed by atoms with Crippen LogP contribution in [0.1, 0.15) is 23.7 Å². The molecule has 0 radical (unpaired) electrons. The maximum atomic E-state index is 12.6. The lowest BCUT2D eigenvalue weighted by Gasteiger charge is -2.14. The highest BCUT2D eigenvalue weighted by molar-refractivity contribution is 7.13. The number of carbonyl (C=O) groups is 1. The first-order valence-electron chi connectivity index (χ1n) is 8.44. The first kappa shape index (κ1) is 19.2. The number of halogens is 1. The fraction of sp³-hybridized carbons (Fsp3) is 0.200. The first-order chi connectivity index (χ1) is 13.1. The van der Waals surface area contributed by atoms with Gasteiger partial charge in [-0.25, -0.2) is 4.98 Å². The Morgan fingerprint density at radius 1 is 1.26 bits per heavy atom. The Balaban J connectivity index is 1.76. The van der Waals surface area contributed by atoms with E-state index in [2.05, 4.69) is 10.3 Å². The average Bonchev–Trinajstić information content (AvgIpc) is 3.21. The molecular formula is C20H19ClN2O3S. The maximum absolute atomic E-state index is 12.6. The number of benzene rings is 2. The van der Waals surface area contributed by atoms with Crippen molar-refractivity contribution in [3.8, 4) is 22.1 Å². The van der Waals surface area contributed by atoms with Crippen molar-refractivity contribution in [1.29, 1.82) is 0 Å². The second-order valence-electron chi connectivity index (χ2n) is 5.71. The molecule has 0 aliphatic rings. The number of hydrogen-bond donors (Lipinski definition) is 1. The van der Waals surface area contributed by atoms with E-state index in [1.807, 2.05) is 36.6 Å². The van der Waals surface area contributed by atoms with E-state index in [1.165, 1.54) is 7.11 Å². The van der Waals surface area contributed by atoms with Crippen LogP contribution in [0.4, 0.5) is 5.69 Å². The van der Waals surface area contributed by atoms with Crippen molar-refractivity contribution in [3.05, 3.63) is 58.6 Å². The van der Waals surface area contributed by atoms with Crippen molar-refractivity contribution in [2.45, 2.75) is 13.3 Å². The highest BCUT2D eigenvalue weighted by Gasteiger charge is 2.16. The van der Waals surface area contributed by atoms with E-state index in [0.717, 1.165) is 17.0 Å². The topological polar surface area (TPSA) is 60.5 Å². The minimum Gasteiger partial charge on any atom is -0.493 e. The molecule has 2 aromatic carbocycles. The number of carbonyl (C=O) groups excluding carboxylic acids is 1. The van der Waals surface area contributed by atoms with E-state index in [1.54, 1.807) is 29.7 Å². The molecule has 3 rings (SSSR count). The third-order valence-electron chi connectivity index (χ3n) is 3.76. The Morgan fingerprint density at radius 3 is 2.67 bits per heavy atom. The van der Waals surface area contributed by atoms with Gasteiger partial charge in [0.15, 0.2) is 11.5 Å². The van der Waals surface area contributed by atoms with Gasteiger partial charge in [-0.2, -0.15) is 0 Å². The van der Waals surface area contributed by atoms with Crippen LogP contribution in [0.2, 0.25) is 5.02 Å². The van der Waals surface area contributed by atoms with E-state index in [0.29, 0.717) is 34.4 Å². The second kappa shape index (κ2) is 8.88. The van der Waals surface area contributed by atoms with Gasteiger partial charge in [0.2, 0.25) is 0 Å². The highest BCUT2D eigenvalue weighted by Crippen LogP contribution is 2.36. The van der Waals surface area contributed by atoms with Crippen LogP contribution in [0.3, 0.4) is 0 Å². The number of thiazole rings is 1. The molecule has 0 saturated heterocycles. The summed E-state index contributed by atoms with van der Waals surface area (Å²) in [4.78, 5) is 16.9. The summed E-state index contributed by atoms with van der Waals surface area (Å²) in [7, 11) is 1.52. The van der Waals surface area contributed by atoms with Crippen LogP contribution >= 0.6 is 22.9 Å². The lowest BCUT2D eigenvalue weighted by atomic mass is 10.1. The third kappa shape index (κ3) is 4.59. The van der Waals surface area contributed by atoms with Gasteiger partial charge in [0.05, 0.1) is 18.7 Å². The van der Waals surface area contributed by atoms with Crippen LogP contribution in [-0.2, 0) is 0 Å². The Kier molecular flexibility index (Phi) is 6.32. The highest BCUT2D eigenvalue weighted by atomic mass is 35.5. The largest absolute Gasteiger partial charge is 0.493 e. The Morgan fingerprint density at radius 2 is 2.04 bits per heavy atom. The standard InChI is InChI=1S/C20H19ClN2O3S/c1-3-9-26-18-16(21)11-14(12-17(18)25-2)19(24)23-15-6-4-13(5-7-15)20-22-8-10-27-20/h4-8,10-12H,3,9H2,1-2H3,(H,23,24). The van der Waals surface area contributed by atoms with Crippen LogP contribution < -0.4 is 14.8 Å². The van der Waals surface area contributed by atoms with E-state index in [-0.39, 0.29) is 5.91 Å². The van der Waals surface area contributed by atoms with Crippen molar-refractivity contribution in [3.63, 3.8) is 0 Å². The molecule has 27 heavy (non-hydrogen) atoms.